The Bertz CT molecular complexity index is 1860. The van der Waals surface area contributed by atoms with Gasteiger partial charge in [0.1, 0.15) is 6.61 Å². The molecule has 0 bridgehead atoms. The van der Waals surface area contributed by atoms with Crippen LogP contribution in [0.3, 0.4) is 0 Å². The Morgan fingerprint density at radius 1 is 0.848 bits per heavy atom. The van der Waals surface area contributed by atoms with E-state index < -0.39 is 17.3 Å². The highest BCUT2D eigenvalue weighted by Crippen LogP contribution is 2.35. The summed E-state index contributed by atoms with van der Waals surface area (Å²) >= 11 is 0. The van der Waals surface area contributed by atoms with Crippen LogP contribution in [0, 0.1) is 0 Å². The Hall–Kier alpha value is -5.25. The van der Waals surface area contributed by atoms with E-state index in [9.17, 15) is 18.0 Å². The van der Waals surface area contributed by atoms with Crippen molar-refractivity contribution in [1.29, 1.82) is 0 Å². The summed E-state index contributed by atoms with van der Waals surface area (Å²) < 4.78 is 42.6. The summed E-state index contributed by atoms with van der Waals surface area (Å²) in [6.07, 6.45) is 0.611. The summed E-state index contributed by atoms with van der Waals surface area (Å²) in [5.41, 5.74) is 2.87. The van der Waals surface area contributed by atoms with Crippen molar-refractivity contribution >= 4 is 11.7 Å². The van der Waals surface area contributed by atoms with Crippen LogP contribution in [0.15, 0.2) is 119 Å². The average molecular weight is 624 g/mol. The zero-order valence-electron chi connectivity index (χ0n) is 25.0. The van der Waals surface area contributed by atoms with E-state index in [2.05, 4.69) is 22.3 Å². The SMILES string of the molecule is O=c1c(-c2cccc(C(F)(F)F)c2)c(-c2ccncc2)nc2n1CCCN2CC(CCc1ccccc1)=NOCc1ccccc1. The molecule has 0 N–H and O–H groups in total. The van der Waals surface area contributed by atoms with E-state index in [4.69, 9.17) is 9.82 Å². The molecule has 0 atom stereocenters. The molecule has 2 aromatic heterocycles. The minimum Gasteiger partial charge on any atom is -0.391 e. The number of anilines is 1. The van der Waals surface area contributed by atoms with Gasteiger partial charge in [0.05, 0.1) is 29.1 Å². The van der Waals surface area contributed by atoms with Crippen molar-refractivity contribution in [3.05, 3.63) is 136 Å². The monoisotopic (exact) mass is 623 g/mol. The van der Waals surface area contributed by atoms with Crippen LogP contribution in [0.1, 0.15) is 29.5 Å². The number of oxime groups is 1. The minimum atomic E-state index is -4.56. The van der Waals surface area contributed by atoms with Gasteiger partial charge < -0.3 is 9.74 Å². The van der Waals surface area contributed by atoms with Crippen LogP contribution in [-0.2, 0) is 30.6 Å². The number of pyridine rings is 1. The molecule has 0 spiro atoms. The number of halogens is 3. The first kappa shape index (κ1) is 30.8. The van der Waals surface area contributed by atoms with Crippen molar-refractivity contribution in [2.24, 2.45) is 5.16 Å². The van der Waals surface area contributed by atoms with E-state index >= 15 is 0 Å². The molecule has 234 valence electrons. The maximum absolute atomic E-state index is 14.2. The van der Waals surface area contributed by atoms with Crippen molar-refractivity contribution in [1.82, 2.24) is 14.5 Å². The molecule has 1 aliphatic rings. The molecule has 7 nitrogen and oxygen atoms in total. The number of benzene rings is 3. The molecule has 0 fully saturated rings. The zero-order chi connectivity index (χ0) is 31.9. The lowest BCUT2D eigenvalue weighted by molar-refractivity contribution is -0.137. The fourth-order valence-electron chi connectivity index (χ4n) is 5.57. The summed E-state index contributed by atoms with van der Waals surface area (Å²) in [5, 5.41) is 4.55. The highest BCUT2D eigenvalue weighted by Gasteiger charge is 2.32. The summed E-state index contributed by atoms with van der Waals surface area (Å²) in [4.78, 5) is 31.0. The molecule has 5 aromatic rings. The van der Waals surface area contributed by atoms with Crippen LogP contribution < -0.4 is 10.5 Å². The molecule has 0 saturated heterocycles. The standard InChI is InChI=1S/C36H32F3N5O2/c37-36(38,39)30-14-7-13-29(23-30)32-33(28-17-19-40-20-18-28)41-35-43(21-8-22-44(35)34(32)45)24-31(16-15-26-9-3-1-4-10-26)42-46-25-27-11-5-2-6-12-27/h1-7,9-14,17-20,23H,8,15-16,21-22,24-25H2. The molecular weight excluding hydrogens is 591 g/mol. The Kier molecular flexibility index (Phi) is 9.23. The number of nitrogens with zero attached hydrogens (tertiary/aromatic N) is 5. The highest BCUT2D eigenvalue weighted by molar-refractivity contribution is 5.89. The molecule has 46 heavy (non-hydrogen) atoms. The number of hydrogen-bond acceptors (Lipinski definition) is 6. The van der Waals surface area contributed by atoms with Crippen molar-refractivity contribution in [2.75, 3.05) is 18.0 Å². The van der Waals surface area contributed by atoms with E-state index in [-0.39, 0.29) is 11.1 Å². The molecule has 10 heteroatoms. The van der Waals surface area contributed by atoms with Crippen LogP contribution in [0.4, 0.5) is 19.1 Å². The first-order chi connectivity index (χ1) is 22.4. The van der Waals surface area contributed by atoms with Gasteiger partial charge in [-0.15, -0.1) is 0 Å². The van der Waals surface area contributed by atoms with E-state index in [1.54, 1.807) is 29.1 Å². The van der Waals surface area contributed by atoms with Crippen molar-refractivity contribution in [2.45, 2.75) is 38.6 Å². The molecule has 0 amide bonds. The lowest BCUT2D eigenvalue weighted by atomic mass is 9.99. The number of fused-ring (bicyclic) bond motifs is 1. The third kappa shape index (κ3) is 7.17. The molecule has 6 rings (SSSR count). The second-order valence-corrected chi connectivity index (χ2v) is 11.1. The van der Waals surface area contributed by atoms with Crippen LogP contribution >= 0.6 is 0 Å². The van der Waals surface area contributed by atoms with Crippen LogP contribution in [0.2, 0.25) is 0 Å². The third-order valence-corrected chi connectivity index (χ3v) is 7.86. The van der Waals surface area contributed by atoms with Gasteiger partial charge in [0.25, 0.3) is 5.56 Å². The lowest BCUT2D eigenvalue weighted by Gasteiger charge is -2.32. The molecule has 0 saturated carbocycles. The molecular formula is C36H32F3N5O2. The Labute approximate surface area is 264 Å². The molecule has 0 radical (unpaired) electrons. The number of aryl methyl sites for hydroxylation is 1. The first-order valence-electron chi connectivity index (χ1n) is 15.1. The summed E-state index contributed by atoms with van der Waals surface area (Å²) in [7, 11) is 0. The van der Waals surface area contributed by atoms with Crippen LogP contribution in [0.25, 0.3) is 22.4 Å². The van der Waals surface area contributed by atoms with Gasteiger partial charge in [-0.1, -0.05) is 78.0 Å². The van der Waals surface area contributed by atoms with Crippen LogP contribution in [-0.4, -0.2) is 33.3 Å². The van der Waals surface area contributed by atoms with Gasteiger partial charge in [-0.2, -0.15) is 13.2 Å². The first-order valence-corrected chi connectivity index (χ1v) is 15.1. The van der Waals surface area contributed by atoms with Crippen molar-refractivity contribution < 1.29 is 18.0 Å². The molecule has 1 aliphatic heterocycles. The lowest BCUT2D eigenvalue weighted by Crippen LogP contribution is -2.42. The summed E-state index contributed by atoms with van der Waals surface area (Å²) in [5.74, 6) is 0.439. The number of rotatable bonds is 10. The van der Waals surface area contributed by atoms with Gasteiger partial charge in [-0.05, 0) is 60.2 Å². The molecule has 3 aromatic carbocycles. The number of hydrogen-bond donors (Lipinski definition) is 0. The average Bonchev–Trinajstić information content (AvgIpc) is 3.08. The van der Waals surface area contributed by atoms with Crippen molar-refractivity contribution in [3.63, 3.8) is 0 Å². The van der Waals surface area contributed by atoms with E-state index in [1.165, 1.54) is 12.1 Å². The van der Waals surface area contributed by atoms with Gasteiger partial charge in [-0.3, -0.25) is 14.3 Å². The molecule has 0 unspecified atom stereocenters. The Morgan fingerprint density at radius 2 is 1.57 bits per heavy atom. The zero-order valence-corrected chi connectivity index (χ0v) is 25.0. The quantitative estimate of drug-likeness (QED) is 0.120. The van der Waals surface area contributed by atoms with E-state index in [0.717, 1.165) is 35.4 Å². The fraction of sp³-hybridized carbons (Fsp3) is 0.222. The summed E-state index contributed by atoms with van der Waals surface area (Å²) in [6, 6.07) is 28.1. The van der Waals surface area contributed by atoms with E-state index in [0.29, 0.717) is 56.3 Å². The van der Waals surface area contributed by atoms with Gasteiger partial charge in [0, 0.05) is 31.0 Å². The van der Waals surface area contributed by atoms with Crippen molar-refractivity contribution in [3.8, 4) is 22.4 Å². The number of aromatic nitrogens is 3. The van der Waals surface area contributed by atoms with Gasteiger partial charge in [0.15, 0.2) is 0 Å². The Balaban J connectivity index is 1.38. The second kappa shape index (κ2) is 13.8. The largest absolute Gasteiger partial charge is 0.416 e. The van der Waals surface area contributed by atoms with Gasteiger partial charge >= 0.3 is 6.18 Å². The highest BCUT2D eigenvalue weighted by atomic mass is 19.4. The minimum absolute atomic E-state index is 0.118. The third-order valence-electron chi connectivity index (χ3n) is 7.86. The summed E-state index contributed by atoms with van der Waals surface area (Å²) in [6.45, 7) is 1.69. The second-order valence-electron chi connectivity index (χ2n) is 11.1. The maximum atomic E-state index is 14.2. The smallest absolute Gasteiger partial charge is 0.391 e. The molecule has 0 aliphatic carbocycles. The maximum Gasteiger partial charge on any atom is 0.416 e. The van der Waals surface area contributed by atoms with Gasteiger partial charge in [-0.25, -0.2) is 4.98 Å². The van der Waals surface area contributed by atoms with Gasteiger partial charge in [0.2, 0.25) is 5.95 Å². The van der Waals surface area contributed by atoms with E-state index in [1.807, 2.05) is 53.4 Å². The van der Waals surface area contributed by atoms with Crippen LogP contribution in [0.5, 0.6) is 0 Å². The molecule has 3 heterocycles. The fourth-order valence-corrected chi connectivity index (χ4v) is 5.57. The topological polar surface area (TPSA) is 72.6 Å². The predicted octanol–water partition coefficient (Wildman–Crippen LogP) is 7.41. The predicted molar refractivity (Wildman–Crippen MR) is 172 cm³/mol. The Morgan fingerprint density at radius 3 is 2.28 bits per heavy atom. The number of alkyl halides is 3. The normalized spacial score (nSPS) is 13.4.